The lowest BCUT2D eigenvalue weighted by atomic mass is 10.1. The Hall–Kier alpha value is -3.70. The summed E-state index contributed by atoms with van der Waals surface area (Å²) in [5, 5.41) is 0. The molecule has 4 aromatic carbocycles. The summed E-state index contributed by atoms with van der Waals surface area (Å²) >= 11 is 1.77. The van der Waals surface area contributed by atoms with E-state index in [1.54, 1.807) is 18.9 Å². The van der Waals surface area contributed by atoms with Crippen molar-refractivity contribution in [2.75, 3.05) is 12.0 Å². The molecule has 0 amide bonds. The van der Waals surface area contributed by atoms with Gasteiger partial charge in [-0.15, -0.1) is 0 Å². The average molecular weight is 423 g/mol. The molecule has 0 saturated heterocycles. The second-order valence-corrected chi connectivity index (χ2v) is 8.36. The molecular formula is C26H18N2O2S. The number of benzene rings is 4. The molecule has 0 aliphatic carbocycles. The van der Waals surface area contributed by atoms with Crippen molar-refractivity contribution in [1.29, 1.82) is 0 Å². The van der Waals surface area contributed by atoms with Crippen LogP contribution in [-0.2, 0) is 0 Å². The van der Waals surface area contributed by atoms with E-state index >= 15 is 0 Å². The van der Waals surface area contributed by atoms with Gasteiger partial charge in [0.15, 0.2) is 5.58 Å². The second kappa shape index (κ2) is 7.22. The predicted molar refractivity (Wildman–Crippen MR) is 125 cm³/mol. The maximum Gasteiger partial charge on any atom is 0.227 e. The fourth-order valence-corrected chi connectivity index (χ4v) is 4.99. The molecule has 0 N–H and O–H groups in total. The first-order valence-corrected chi connectivity index (χ1v) is 10.8. The zero-order valence-corrected chi connectivity index (χ0v) is 17.6. The monoisotopic (exact) mass is 422 g/mol. The molecule has 0 atom stereocenters. The summed E-state index contributed by atoms with van der Waals surface area (Å²) in [6, 6.07) is 30.9. The molecule has 5 heteroatoms. The molecule has 0 unspecified atom stereocenters. The fourth-order valence-electron chi connectivity index (χ4n) is 3.90. The molecule has 0 saturated carbocycles. The van der Waals surface area contributed by atoms with E-state index in [0.29, 0.717) is 5.89 Å². The molecule has 1 aliphatic heterocycles. The third kappa shape index (κ3) is 3.05. The third-order valence-electron chi connectivity index (χ3n) is 5.40. The van der Waals surface area contributed by atoms with Crippen LogP contribution in [0.2, 0.25) is 0 Å². The standard InChI is InChI=1S/C26H18N2O2S/c1-29-19-13-11-18(12-14-19)28-21-7-3-5-9-24(21)31-25-16-17(10-15-22(25)28)26-27-20-6-2-4-8-23(20)30-26/h2-16H,1H3. The number of rotatable bonds is 3. The van der Waals surface area contributed by atoms with Gasteiger partial charge in [-0.05, 0) is 66.7 Å². The van der Waals surface area contributed by atoms with Crippen molar-refractivity contribution < 1.29 is 9.15 Å². The number of fused-ring (bicyclic) bond motifs is 3. The molecule has 1 aromatic heterocycles. The lowest BCUT2D eigenvalue weighted by molar-refractivity contribution is 0.415. The van der Waals surface area contributed by atoms with E-state index in [0.717, 1.165) is 38.7 Å². The predicted octanol–water partition coefficient (Wildman–Crippen LogP) is 7.44. The number of anilines is 3. The molecule has 0 radical (unpaired) electrons. The van der Waals surface area contributed by atoms with E-state index in [4.69, 9.17) is 9.15 Å². The summed E-state index contributed by atoms with van der Waals surface area (Å²) in [7, 11) is 1.69. The minimum absolute atomic E-state index is 0.638. The van der Waals surface area contributed by atoms with Crippen molar-refractivity contribution in [3.05, 3.63) is 91.0 Å². The maximum absolute atomic E-state index is 6.00. The number of oxazole rings is 1. The third-order valence-corrected chi connectivity index (χ3v) is 6.51. The van der Waals surface area contributed by atoms with Crippen LogP contribution in [0.3, 0.4) is 0 Å². The summed E-state index contributed by atoms with van der Waals surface area (Å²) in [6.45, 7) is 0. The highest BCUT2D eigenvalue weighted by molar-refractivity contribution is 7.99. The Morgan fingerprint density at radius 3 is 2.42 bits per heavy atom. The molecule has 150 valence electrons. The molecule has 6 rings (SSSR count). The first-order valence-electron chi connectivity index (χ1n) is 10.0. The van der Waals surface area contributed by atoms with Crippen LogP contribution in [0.1, 0.15) is 0 Å². The smallest absolute Gasteiger partial charge is 0.227 e. The van der Waals surface area contributed by atoms with E-state index in [1.165, 1.54) is 10.6 Å². The molecule has 2 heterocycles. The Morgan fingerprint density at radius 2 is 1.58 bits per heavy atom. The number of hydrogen-bond donors (Lipinski definition) is 0. The van der Waals surface area contributed by atoms with Crippen LogP contribution < -0.4 is 9.64 Å². The van der Waals surface area contributed by atoms with E-state index in [-0.39, 0.29) is 0 Å². The minimum atomic E-state index is 0.638. The summed E-state index contributed by atoms with van der Waals surface area (Å²) in [6.07, 6.45) is 0. The quantitative estimate of drug-likeness (QED) is 0.296. The van der Waals surface area contributed by atoms with Crippen molar-refractivity contribution in [1.82, 2.24) is 4.98 Å². The average Bonchev–Trinajstić information content (AvgIpc) is 3.27. The highest BCUT2D eigenvalue weighted by atomic mass is 32.2. The lowest BCUT2D eigenvalue weighted by Gasteiger charge is -2.33. The van der Waals surface area contributed by atoms with Crippen molar-refractivity contribution in [3.8, 4) is 17.2 Å². The lowest BCUT2D eigenvalue weighted by Crippen LogP contribution is -2.14. The molecule has 0 bridgehead atoms. The van der Waals surface area contributed by atoms with Crippen molar-refractivity contribution in [3.63, 3.8) is 0 Å². The van der Waals surface area contributed by atoms with E-state index in [9.17, 15) is 0 Å². The Morgan fingerprint density at radius 1 is 0.806 bits per heavy atom. The molecule has 31 heavy (non-hydrogen) atoms. The van der Waals surface area contributed by atoms with Crippen molar-refractivity contribution in [2.24, 2.45) is 0 Å². The number of ether oxygens (including phenoxy) is 1. The van der Waals surface area contributed by atoms with Crippen LogP contribution in [0.15, 0.2) is 105 Å². The summed E-state index contributed by atoms with van der Waals surface area (Å²) in [5.41, 5.74) is 6.02. The molecule has 4 nitrogen and oxygen atoms in total. The van der Waals surface area contributed by atoms with Crippen molar-refractivity contribution >= 4 is 39.9 Å². The SMILES string of the molecule is COc1ccc(N2c3ccccc3Sc3cc(-c4nc5ccccc5o4)ccc32)cc1. The van der Waals surface area contributed by atoms with Gasteiger partial charge >= 0.3 is 0 Å². The highest BCUT2D eigenvalue weighted by Crippen LogP contribution is 2.52. The van der Waals surface area contributed by atoms with Crippen LogP contribution >= 0.6 is 11.8 Å². The van der Waals surface area contributed by atoms with Crippen LogP contribution in [0.4, 0.5) is 17.1 Å². The van der Waals surface area contributed by atoms with Crippen LogP contribution in [-0.4, -0.2) is 12.1 Å². The maximum atomic E-state index is 6.00. The Bertz CT molecular complexity index is 1380. The van der Waals surface area contributed by atoms with Gasteiger partial charge in [-0.1, -0.05) is 36.0 Å². The van der Waals surface area contributed by atoms with Gasteiger partial charge in [0, 0.05) is 21.0 Å². The van der Waals surface area contributed by atoms with Gasteiger partial charge in [-0.2, -0.15) is 0 Å². The Labute approximate surface area is 184 Å². The Balaban J connectivity index is 1.48. The summed E-state index contributed by atoms with van der Waals surface area (Å²) in [4.78, 5) is 9.33. The highest BCUT2D eigenvalue weighted by Gasteiger charge is 2.25. The summed E-state index contributed by atoms with van der Waals surface area (Å²) in [5.74, 6) is 1.48. The number of methoxy groups -OCH3 is 1. The van der Waals surface area contributed by atoms with Gasteiger partial charge < -0.3 is 14.1 Å². The first kappa shape index (κ1) is 18.1. The Kier molecular flexibility index (Phi) is 4.21. The second-order valence-electron chi connectivity index (χ2n) is 7.27. The van der Waals surface area contributed by atoms with Gasteiger partial charge in [0.25, 0.3) is 0 Å². The first-order chi connectivity index (χ1) is 15.3. The normalized spacial score (nSPS) is 12.5. The number of hydrogen-bond acceptors (Lipinski definition) is 5. The molecule has 0 fully saturated rings. The van der Waals surface area contributed by atoms with E-state index in [2.05, 4.69) is 64.5 Å². The zero-order valence-electron chi connectivity index (χ0n) is 16.8. The van der Waals surface area contributed by atoms with Gasteiger partial charge in [0.2, 0.25) is 5.89 Å². The number of para-hydroxylation sites is 3. The van der Waals surface area contributed by atoms with Gasteiger partial charge in [-0.25, -0.2) is 4.98 Å². The molecule has 5 aromatic rings. The molecule has 0 spiro atoms. The van der Waals surface area contributed by atoms with Crippen LogP contribution in [0.5, 0.6) is 5.75 Å². The summed E-state index contributed by atoms with van der Waals surface area (Å²) < 4.78 is 11.3. The fraction of sp³-hybridized carbons (Fsp3) is 0.0385. The number of aromatic nitrogens is 1. The largest absolute Gasteiger partial charge is 0.497 e. The zero-order chi connectivity index (χ0) is 20.8. The molecular weight excluding hydrogens is 404 g/mol. The topological polar surface area (TPSA) is 38.5 Å². The number of nitrogens with zero attached hydrogens (tertiary/aromatic N) is 2. The van der Waals surface area contributed by atoms with E-state index < -0.39 is 0 Å². The molecule has 1 aliphatic rings. The minimum Gasteiger partial charge on any atom is -0.497 e. The van der Waals surface area contributed by atoms with Gasteiger partial charge in [-0.3, -0.25) is 0 Å². The van der Waals surface area contributed by atoms with Gasteiger partial charge in [0.1, 0.15) is 11.3 Å². The van der Waals surface area contributed by atoms with E-state index in [1.807, 2.05) is 36.4 Å². The van der Waals surface area contributed by atoms with Gasteiger partial charge in [0.05, 0.1) is 18.5 Å². The van der Waals surface area contributed by atoms with Crippen molar-refractivity contribution in [2.45, 2.75) is 9.79 Å². The van der Waals surface area contributed by atoms with Crippen LogP contribution in [0.25, 0.3) is 22.6 Å². The van der Waals surface area contributed by atoms with Crippen LogP contribution in [0, 0.1) is 0 Å².